The van der Waals surface area contributed by atoms with Crippen molar-refractivity contribution in [3.05, 3.63) is 35.6 Å². The third-order valence-electron chi connectivity index (χ3n) is 0.980. The Morgan fingerprint density at radius 3 is 2.00 bits per heavy atom. The molecule has 0 saturated carbocycles. The number of rotatable bonds is 0. The number of hydrogen-bond donors (Lipinski definition) is 0. The van der Waals surface area contributed by atoms with Crippen molar-refractivity contribution in [3.63, 3.8) is 0 Å². The van der Waals surface area contributed by atoms with Gasteiger partial charge in [-0.05, 0) is 24.6 Å². The van der Waals surface area contributed by atoms with Gasteiger partial charge in [0, 0.05) is 0 Å². The first kappa shape index (κ1) is 12.8. The molecule has 0 fully saturated rings. The number of aryl methyl sites for hydroxylation is 1. The lowest BCUT2D eigenvalue weighted by atomic mass is 10.2. The lowest BCUT2D eigenvalue weighted by molar-refractivity contribution is 0.626. The first-order chi connectivity index (χ1) is 4.79. The average Bonchev–Trinajstić information content (AvgIpc) is 1.91. The van der Waals surface area contributed by atoms with Gasteiger partial charge in [0.2, 0.25) is 0 Å². The van der Waals surface area contributed by atoms with Crippen LogP contribution in [0, 0.1) is 12.7 Å². The van der Waals surface area contributed by atoms with E-state index in [1.54, 1.807) is 6.07 Å². The Bertz CT molecular complexity index is 165. The molecule has 1 rings (SSSR count). The number of halogens is 1. The van der Waals surface area contributed by atoms with Crippen molar-refractivity contribution in [3.8, 4) is 0 Å². The molecule has 0 heterocycles. The van der Waals surface area contributed by atoms with E-state index in [4.69, 9.17) is 0 Å². The summed E-state index contributed by atoms with van der Waals surface area (Å²) in [5, 5.41) is 0. The van der Waals surface area contributed by atoms with Gasteiger partial charge in [-0.1, -0.05) is 33.4 Å². The highest BCUT2D eigenvalue weighted by Crippen LogP contribution is 1.99. The van der Waals surface area contributed by atoms with Crippen LogP contribution in [-0.2, 0) is 0 Å². The Kier molecular flexibility index (Phi) is 8.44. The van der Waals surface area contributed by atoms with Gasteiger partial charge < -0.3 is 0 Å². The van der Waals surface area contributed by atoms with E-state index in [2.05, 4.69) is 0 Å². The zero-order valence-corrected chi connectivity index (χ0v) is 6.69. The highest BCUT2D eigenvalue weighted by Gasteiger charge is 1.84. The van der Waals surface area contributed by atoms with Crippen LogP contribution in [0.3, 0.4) is 0 Å². The molecule has 1 aromatic carbocycles. The molecule has 0 radical (unpaired) electrons. The Labute approximate surface area is 69.1 Å². The second-order valence-electron chi connectivity index (χ2n) is 1.80. The van der Waals surface area contributed by atoms with Gasteiger partial charge in [-0.25, -0.2) is 4.39 Å². The van der Waals surface area contributed by atoms with Crippen LogP contribution in [0.1, 0.15) is 26.8 Å². The Morgan fingerprint density at radius 2 is 1.73 bits per heavy atom. The second kappa shape index (κ2) is 7.26. The third kappa shape index (κ3) is 5.59. The molecular formula is C10H17F. The maximum atomic E-state index is 12.2. The van der Waals surface area contributed by atoms with Gasteiger partial charge in [0.05, 0.1) is 0 Å². The van der Waals surface area contributed by atoms with Crippen LogP contribution in [0.5, 0.6) is 0 Å². The van der Waals surface area contributed by atoms with Gasteiger partial charge in [-0.2, -0.15) is 0 Å². The summed E-state index contributed by atoms with van der Waals surface area (Å²) in [4.78, 5) is 0. The molecule has 0 nitrogen and oxygen atoms in total. The molecule has 0 bridgehead atoms. The summed E-state index contributed by atoms with van der Waals surface area (Å²) >= 11 is 0. The predicted molar refractivity (Wildman–Crippen MR) is 49.2 cm³/mol. The molecular weight excluding hydrogens is 139 g/mol. The summed E-state index contributed by atoms with van der Waals surface area (Å²) in [5.74, 6) is -0.162. The first-order valence-electron chi connectivity index (χ1n) is 3.51. The lowest BCUT2D eigenvalue weighted by Gasteiger charge is -1.87. The summed E-state index contributed by atoms with van der Waals surface area (Å²) in [7, 11) is 0. The van der Waals surface area contributed by atoms with E-state index >= 15 is 0 Å². The lowest BCUT2D eigenvalue weighted by Crippen LogP contribution is -1.72. The maximum Gasteiger partial charge on any atom is 0.123 e. The summed E-state index contributed by atoms with van der Waals surface area (Å²) in [6, 6.07) is 6.50. The van der Waals surface area contributed by atoms with Gasteiger partial charge in [0.25, 0.3) is 0 Å². The van der Waals surface area contributed by atoms with Gasteiger partial charge in [0.15, 0.2) is 0 Å². The molecule has 0 aromatic heterocycles. The summed E-state index contributed by atoms with van der Waals surface area (Å²) in [5.41, 5.74) is 0.963. The molecule has 0 atom stereocenters. The van der Waals surface area contributed by atoms with Crippen molar-refractivity contribution in [2.45, 2.75) is 28.2 Å². The topological polar surface area (TPSA) is 0 Å². The quantitative estimate of drug-likeness (QED) is 0.536. The molecule has 64 valence electrons. The normalized spacial score (nSPS) is 7.27. The standard InChI is InChI=1S/C7H7F.C2H6.CH4/c1-6-3-2-4-7(8)5-6;1-2;/h2-5H,1H3;1-2H3;1H4. The molecule has 0 aliphatic heterocycles. The van der Waals surface area contributed by atoms with E-state index in [-0.39, 0.29) is 13.2 Å². The van der Waals surface area contributed by atoms with E-state index in [0.29, 0.717) is 0 Å². The fraction of sp³-hybridized carbons (Fsp3) is 0.400. The van der Waals surface area contributed by atoms with Crippen molar-refractivity contribution in [1.82, 2.24) is 0 Å². The maximum absolute atomic E-state index is 12.2. The SMILES string of the molecule is C.CC.Cc1cccc(F)c1. The predicted octanol–water partition coefficient (Wildman–Crippen LogP) is 3.80. The molecule has 0 spiro atoms. The van der Waals surface area contributed by atoms with Crippen molar-refractivity contribution in [1.29, 1.82) is 0 Å². The van der Waals surface area contributed by atoms with E-state index in [1.807, 2.05) is 26.8 Å². The Balaban J connectivity index is 0. The van der Waals surface area contributed by atoms with Crippen molar-refractivity contribution in [2.75, 3.05) is 0 Å². The zero-order valence-electron chi connectivity index (χ0n) is 6.69. The largest absolute Gasteiger partial charge is 0.207 e. The van der Waals surface area contributed by atoms with Crippen LogP contribution in [0.4, 0.5) is 4.39 Å². The molecule has 0 saturated heterocycles. The zero-order chi connectivity index (χ0) is 7.98. The molecule has 1 aromatic rings. The van der Waals surface area contributed by atoms with E-state index in [0.717, 1.165) is 5.56 Å². The van der Waals surface area contributed by atoms with Crippen LogP contribution >= 0.6 is 0 Å². The van der Waals surface area contributed by atoms with Crippen molar-refractivity contribution < 1.29 is 4.39 Å². The molecule has 1 heteroatoms. The van der Waals surface area contributed by atoms with Crippen LogP contribution < -0.4 is 0 Å². The fourth-order valence-corrected chi connectivity index (χ4v) is 0.606. The van der Waals surface area contributed by atoms with Crippen LogP contribution in [-0.4, -0.2) is 0 Å². The monoisotopic (exact) mass is 156 g/mol. The highest BCUT2D eigenvalue weighted by atomic mass is 19.1. The number of benzene rings is 1. The molecule has 0 aliphatic carbocycles. The van der Waals surface area contributed by atoms with E-state index in [9.17, 15) is 4.39 Å². The molecule has 0 N–H and O–H groups in total. The van der Waals surface area contributed by atoms with Gasteiger partial charge in [-0.3, -0.25) is 0 Å². The number of hydrogen-bond acceptors (Lipinski definition) is 0. The second-order valence-corrected chi connectivity index (χ2v) is 1.80. The highest BCUT2D eigenvalue weighted by molar-refractivity contribution is 5.13. The summed E-state index contributed by atoms with van der Waals surface area (Å²) in [6.07, 6.45) is 0. The minimum Gasteiger partial charge on any atom is -0.207 e. The Morgan fingerprint density at radius 1 is 1.18 bits per heavy atom. The van der Waals surface area contributed by atoms with Crippen LogP contribution in [0.2, 0.25) is 0 Å². The van der Waals surface area contributed by atoms with Crippen molar-refractivity contribution in [2.24, 2.45) is 0 Å². The molecule has 11 heavy (non-hydrogen) atoms. The third-order valence-corrected chi connectivity index (χ3v) is 0.980. The van der Waals surface area contributed by atoms with E-state index < -0.39 is 0 Å². The van der Waals surface area contributed by atoms with Gasteiger partial charge in [-0.15, -0.1) is 0 Å². The van der Waals surface area contributed by atoms with Crippen LogP contribution in [0.15, 0.2) is 24.3 Å². The minimum atomic E-state index is -0.162. The Hall–Kier alpha value is -0.850. The summed E-state index contributed by atoms with van der Waals surface area (Å²) in [6.45, 7) is 5.86. The summed E-state index contributed by atoms with van der Waals surface area (Å²) < 4.78 is 12.2. The molecule has 0 unspecified atom stereocenters. The van der Waals surface area contributed by atoms with Gasteiger partial charge in [0.1, 0.15) is 5.82 Å². The molecule has 0 aliphatic rings. The minimum absolute atomic E-state index is 0. The first-order valence-corrected chi connectivity index (χ1v) is 3.51. The van der Waals surface area contributed by atoms with Gasteiger partial charge >= 0.3 is 0 Å². The van der Waals surface area contributed by atoms with Crippen LogP contribution in [0.25, 0.3) is 0 Å². The van der Waals surface area contributed by atoms with Crippen molar-refractivity contribution >= 4 is 0 Å². The smallest absolute Gasteiger partial charge is 0.123 e. The van der Waals surface area contributed by atoms with E-state index in [1.165, 1.54) is 12.1 Å². The molecule has 0 amide bonds. The fourth-order valence-electron chi connectivity index (χ4n) is 0.606. The average molecular weight is 156 g/mol.